The molecule has 4 rings (SSSR count). The molecule has 2 aromatic carbocycles. The number of rotatable bonds is 10. The first kappa shape index (κ1) is 33.5. The summed E-state index contributed by atoms with van der Waals surface area (Å²) in [6, 6.07) is 12.1. The molecule has 0 saturated carbocycles. The summed E-state index contributed by atoms with van der Waals surface area (Å²) < 4.78 is 11.3. The molecule has 3 unspecified atom stereocenters. The predicted octanol–water partition coefficient (Wildman–Crippen LogP) is 6.57. The third-order valence-corrected chi connectivity index (χ3v) is 8.77. The Bertz CT molecular complexity index is 1520. The molecule has 2 aliphatic rings. The van der Waals surface area contributed by atoms with Crippen LogP contribution in [0.3, 0.4) is 0 Å². The van der Waals surface area contributed by atoms with Crippen LogP contribution in [0.1, 0.15) is 70.4 Å². The average molecular weight is 645 g/mol. The molecule has 0 spiro atoms. The molecular formula is C33H39Cl2N3O6. The number of fused-ring (bicyclic) bond motifs is 1. The fraction of sp³-hybridized carbons (Fsp3) is 0.424. The van der Waals surface area contributed by atoms with Crippen molar-refractivity contribution in [3.8, 4) is 0 Å². The summed E-state index contributed by atoms with van der Waals surface area (Å²) in [4.78, 5) is 40.6. The smallest absolute Gasteiger partial charge is 0.407 e. The lowest BCUT2D eigenvalue weighted by Gasteiger charge is -2.53. The zero-order valence-electron chi connectivity index (χ0n) is 25.6. The maximum Gasteiger partial charge on any atom is 0.407 e. The number of alkyl carbamates (subject to hydrolysis) is 1. The van der Waals surface area contributed by atoms with Crippen LogP contribution in [0.4, 0.5) is 10.5 Å². The van der Waals surface area contributed by atoms with Crippen molar-refractivity contribution in [3.63, 3.8) is 0 Å². The zero-order chi connectivity index (χ0) is 32.4. The number of nitrogens with one attached hydrogen (secondary N) is 1. The van der Waals surface area contributed by atoms with E-state index in [4.69, 9.17) is 38.4 Å². The van der Waals surface area contributed by atoms with Crippen LogP contribution in [0.25, 0.3) is 0 Å². The van der Waals surface area contributed by atoms with Gasteiger partial charge in [0.25, 0.3) is 0 Å². The monoisotopic (exact) mass is 643 g/mol. The Balaban J connectivity index is 1.65. The van der Waals surface area contributed by atoms with Gasteiger partial charge < -0.3 is 19.9 Å². The molecule has 0 aromatic heterocycles. The van der Waals surface area contributed by atoms with Crippen molar-refractivity contribution in [1.29, 1.82) is 0 Å². The summed E-state index contributed by atoms with van der Waals surface area (Å²) in [5.74, 6) is -2.46. The van der Waals surface area contributed by atoms with Gasteiger partial charge in [-0.05, 0) is 94.0 Å². The standard InChI is InChI=1S/C33H39Cl2N3O6/c1-31(2,3)44-30(42)37-18-10-6-7-11-20-14-16-24(29(40)41)32(4,33(20,36)43-5)38-26-17-15-21(34)19-23(26)27(28(38)39)22-12-8-9-13-25(22)35/h8-9,12-17,19,27H,6-7,10-11,18,36H2,1-5H3,(H,37,42)(H,40,41). The minimum atomic E-state index is -1.70. The summed E-state index contributed by atoms with van der Waals surface area (Å²) in [6.07, 6.45) is 5.29. The number of carbonyl (C=O) groups excluding carboxylic acids is 2. The molecule has 11 heteroatoms. The molecule has 0 radical (unpaired) electrons. The van der Waals surface area contributed by atoms with Crippen LogP contribution in [-0.4, -0.2) is 53.6 Å². The Morgan fingerprint density at radius 1 is 1.07 bits per heavy atom. The molecule has 0 saturated heterocycles. The van der Waals surface area contributed by atoms with Crippen molar-refractivity contribution in [1.82, 2.24) is 5.32 Å². The Morgan fingerprint density at radius 2 is 1.77 bits per heavy atom. The highest BCUT2D eigenvalue weighted by Gasteiger charge is 2.62. The van der Waals surface area contributed by atoms with E-state index in [9.17, 15) is 19.5 Å². The lowest BCUT2D eigenvalue weighted by atomic mass is 9.71. The second-order valence-electron chi connectivity index (χ2n) is 12.2. The first-order valence-electron chi connectivity index (χ1n) is 14.5. The van der Waals surface area contributed by atoms with E-state index in [0.29, 0.717) is 58.2 Å². The summed E-state index contributed by atoms with van der Waals surface area (Å²) >= 11 is 13.0. The first-order valence-corrected chi connectivity index (χ1v) is 15.2. The van der Waals surface area contributed by atoms with Crippen molar-refractivity contribution in [3.05, 3.63) is 86.9 Å². The molecule has 44 heavy (non-hydrogen) atoms. The molecule has 236 valence electrons. The van der Waals surface area contributed by atoms with Gasteiger partial charge in [0, 0.05) is 29.4 Å². The molecule has 1 aliphatic heterocycles. The molecule has 0 fully saturated rings. The van der Waals surface area contributed by atoms with E-state index in [1.165, 1.54) is 18.1 Å². The van der Waals surface area contributed by atoms with Gasteiger partial charge in [-0.3, -0.25) is 15.4 Å². The fourth-order valence-electron chi connectivity index (χ4n) is 6.08. The number of ether oxygens (including phenoxy) is 2. The predicted molar refractivity (Wildman–Crippen MR) is 171 cm³/mol. The van der Waals surface area contributed by atoms with Crippen molar-refractivity contribution in [2.75, 3.05) is 18.6 Å². The van der Waals surface area contributed by atoms with Gasteiger partial charge in [0.1, 0.15) is 11.1 Å². The lowest BCUT2D eigenvalue weighted by Crippen LogP contribution is -2.72. The van der Waals surface area contributed by atoms with Crippen LogP contribution in [0.5, 0.6) is 0 Å². The fourth-order valence-corrected chi connectivity index (χ4v) is 6.51. The number of nitrogens with two attached hydrogens (primary N) is 1. The maximum atomic E-state index is 14.5. The molecule has 1 heterocycles. The maximum absolute atomic E-state index is 14.5. The molecular weight excluding hydrogens is 605 g/mol. The Kier molecular flexibility index (Phi) is 9.85. The number of unbranched alkanes of at least 4 members (excludes halogenated alkanes) is 2. The summed E-state index contributed by atoms with van der Waals surface area (Å²) in [7, 11) is 1.41. The SMILES string of the molecule is COC1(N)C(CCCCCNC(=O)OC(C)(C)C)=CC=C(C(=O)O)C1(C)N1C(=O)C(c2ccccc2Cl)c2cc(Cl)ccc21. The minimum absolute atomic E-state index is 0.0961. The number of anilines is 1. The number of aliphatic carboxylic acids is 1. The van der Waals surface area contributed by atoms with Gasteiger partial charge in [0.15, 0.2) is 5.72 Å². The molecule has 2 aromatic rings. The quantitative estimate of drug-likeness (QED) is 0.197. The van der Waals surface area contributed by atoms with Crippen LogP contribution < -0.4 is 16.0 Å². The highest BCUT2D eigenvalue weighted by Crippen LogP contribution is 2.53. The minimum Gasteiger partial charge on any atom is -0.478 e. The second-order valence-corrected chi connectivity index (χ2v) is 13.0. The summed E-state index contributed by atoms with van der Waals surface area (Å²) in [6.45, 7) is 7.48. The molecule has 2 amide bonds. The number of carboxylic acid groups (broad SMARTS) is 1. The topological polar surface area (TPSA) is 131 Å². The largest absolute Gasteiger partial charge is 0.478 e. The van der Waals surface area contributed by atoms with Gasteiger partial charge in [-0.1, -0.05) is 53.9 Å². The Labute approximate surface area is 268 Å². The van der Waals surface area contributed by atoms with Crippen molar-refractivity contribution in [2.24, 2.45) is 5.73 Å². The van der Waals surface area contributed by atoms with Crippen LogP contribution in [0, 0.1) is 0 Å². The van der Waals surface area contributed by atoms with E-state index in [0.717, 1.165) is 6.42 Å². The number of hydrogen-bond acceptors (Lipinski definition) is 6. The zero-order valence-corrected chi connectivity index (χ0v) is 27.1. The second kappa shape index (κ2) is 12.9. The molecule has 9 nitrogen and oxygen atoms in total. The first-order chi connectivity index (χ1) is 20.7. The number of halogens is 2. The van der Waals surface area contributed by atoms with Crippen LogP contribution in [0.15, 0.2) is 65.8 Å². The summed E-state index contributed by atoms with van der Waals surface area (Å²) in [5, 5.41) is 14.0. The van der Waals surface area contributed by atoms with Gasteiger partial charge in [-0.25, -0.2) is 9.59 Å². The van der Waals surface area contributed by atoms with Gasteiger partial charge >= 0.3 is 12.1 Å². The number of nitrogens with zero attached hydrogens (tertiary/aromatic N) is 1. The van der Waals surface area contributed by atoms with E-state index in [2.05, 4.69) is 5.32 Å². The van der Waals surface area contributed by atoms with E-state index in [1.54, 1.807) is 76.2 Å². The number of benzene rings is 2. The van der Waals surface area contributed by atoms with E-state index >= 15 is 0 Å². The van der Waals surface area contributed by atoms with E-state index in [-0.39, 0.29) is 5.57 Å². The Morgan fingerprint density at radius 3 is 2.41 bits per heavy atom. The number of methoxy groups -OCH3 is 1. The molecule has 0 bridgehead atoms. The van der Waals surface area contributed by atoms with Gasteiger partial charge in [-0.15, -0.1) is 0 Å². The number of amides is 2. The van der Waals surface area contributed by atoms with Gasteiger partial charge in [0.05, 0.1) is 11.5 Å². The van der Waals surface area contributed by atoms with Crippen molar-refractivity contribution in [2.45, 2.75) is 76.2 Å². The molecule has 4 N–H and O–H groups in total. The molecule has 3 atom stereocenters. The van der Waals surface area contributed by atoms with Crippen molar-refractivity contribution >= 4 is 46.9 Å². The van der Waals surface area contributed by atoms with Crippen LogP contribution >= 0.6 is 23.2 Å². The Hall–Kier alpha value is -3.37. The van der Waals surface area contributed by atoms with Crippen LogP contribution in [-0.2, 0) is 19.1 Å². The van der Waals surface area contributed by atoms with Gasteiger partial charge in [-0.2, -0.15) is 0 Å². The van der Waals surface area contributed by atoms with Gasteiger partial charge in [0.2, 0.25) is 5.91 Å². The highest BCUT2D eigenvalue weighted by molar-refractivity contribution is 6.32. The average Bonchev–Trinajstić information content (AvgIpc) is 3.22. The number of allylic oxidation sites excluding steroid dienone is 2. The van der Waals surface area contributed by atoms with Crippen LogP contribution in [0.2, 0.25) is 10.0 Å². The normalized spacial score (nSPS) is 23.1. The third-order valence-electron chi connectivity index (χ3n) is 8.19. The lowest BCUT2D eigenvalue weighted by molar-refractivity contribution is -0.135. The number of hydrogen-bond donors (Lipinski definition) is 3. The third kappa shape index (κ3) is 6.24. The molecule has 1 aliphatic carbocycles. The highest BCUT2D eigenvalue weighted by atomic mass is 35.5. The summed E-state index contributed by atoms with van der Waals surface area (Å²) in [5.41, 5.74) is 5.31. The van der Waals surface area contributed by atoms with Crippen molar-refractivity contribution < 1.29 is 29.0 Å². The number of carboxylic acids is 1. The van der Waals surface area contributed by atoms with E-state index < -0.39 is 40.8 Å². The van der Waals surface area contributed by atoms with E-state index in [1.807, 2.05) is 0 Å². The number of carbonyl (C=O) groups is 3.